The van der Waals surface area contributed by atoms with Gasteiger partial charge >= 0.3 is 18.1 Å². The van der Waals surface area contributed by atoms with Crippen molar-refractivity contribution in [3.05, 3.63) is 59.7 Å². The van der Waals surface area contributed by atoms with Gasteiger partial charge in [-0.1, -0.05) is 6.92 Å². The Hall–Kier alpha value is -3.54. The van der Waals surface area contributed by atoms with Gasteiger partial charge in [0.2, 0.25) is 0 Å². The zero-order valence-corrected chi connectivity index (χ0v) is 19.0. The number of nitrogens with zero attached hydrogens (tertiary/aromatic N) is 4. The fourth-order valence-electron chi connectivity index (χ4n) is 3.52. The Balaban J connectivity index is 1.71. The Bertz CT molecular complexity index is 1040. The quantitative estimate of drug-likeness (QED) is 0.472. The minimum Gasteiger partial charge on any atom is -0.341 e. The summed E-state index contributed by atoms with van der Waals surface area (Å²) in [6.45, 7) is 4.68. The van der Waals surface area contributed by atoms with Crippen molar-refractivity contribution in [2.45, 2.75) is 19.6 Å². The number of likely N-dealkylation sites (N-methyl/N-ethyl adjacent to an activating group) is 1. The van der Waals surface area contributed by atoms with Gasteiger partial charge in [-0.15, -0.1) is 0 Å². The molecule has 1 N–H and O–H groups in total. The van der Waals surface area contributed by atoms with Crippen LogP contribution >= 0.6 is 0 Å². The second kappa shape index (κ2) is 11.3. The number of carbonyl (C=O) groups excluding carboxylic acids is 3. The highest BCUT2D eigenvalue weighted by atomic mass is 19.4. The molecular formula is C23H25F4N5O3. The highest BCUT2D eigenvalue weighted by molar-refractivity contribution is 5.99. The molecule has 0 atom stereocenters. The number of halogens is 4. The number of hydrogen-bond donors (Lipinski definition) is 1. The van der Waals surface area contributed by atoms with Gasteiger partial charge < -0.3 is 15.1 Å². The standard InChI is InChI=1S/C23H25F4N5O3/c1-2-30-9-11-31(12-10-30)22(35)32(19-7-4-17(24)5-8-19)15-18-6-3-16(13-28-18)20(33)14-29-21(34)23(25,26)27/h3-8,13H,2,9-12,14-15H2,1H3,(H,29,34). The van der Waals surface area contributed by atoms with Crippen molar-refractivity contribution in [1.29, 1.82) is 0 Å². The van der Waals surface area contributed by atoms with E-state index in [1.165, 1.54) is 52.8 Å². The predicted octanol–water partition coefficient (Wildman–Crippen LogP) is 2.85. The van der Waals surface area contributed by atoms with Gasteiger partial charge in [-0.05, 0) is 42.9 Å². The van der Waals surface area contributed by atoms with Gasteiger partial charge in [0.25, 0.3) is 0 Å². The number of alkyl halides is 3. The number of amides is 3. The molecule has 1 fully saturated rings. The van der Waals surface area contributed by atoms with Crippen LogP contribution in [0.1, 0.15) is 23.0 Å². The first-order valence-electron chi connectivity index (χ1n) is 11.0. The van der Waals surface area contributed by atoms with Crippen molar-refractivity contribution in [2.24, 2.45) is 0 Å². The Morgan fingerprint density at radius 2 is 1.69 bits per heavy atom. The lowest BCUT2D eigenvalue weighted by atomic mass is 10.1. The maximum absolute atomic E-state index is 13.5. The number of pyridine rings is 1. The van der Waals surface area contributed by atoms with Crippen molar-refractivity contribution < 1.29 is 31.9 Å². The van der Waals surface area contributed by atoms with Crippen molar-refractivity contribution >= 4 is 23.4 Å². The highest BCUT2D eigenvalue weighted by Gasteiger charge is 2.38. The summed E-state index contributed by atoms with van der Waals surface area (Å²) >= 11 is 0. The van der Waals surface area contributed by atoms with E-state index in [1.807, 2.05) is 6.92 Å². The minimum absolute atomic E-state index is 0.00608. The van der Waals surface area contributed by atoms with Gasteiger partial charge in [-0.25, -0.2) is 9.18 Å². The average molecular weight is 495 g/mol. The number of Topliss-reactive ketones (excluding diaryl/α,β-unsaturated/α-hetero) is 1. The molecule has 0 saturated carbocycles. The van der Waals surface area contributed by atoms with Gasteiger partial charge in [-0.3, -0.25) is 19.5 Å². The molecule has 0 bridgehead atoms. The van der Waals surface area contributed by atoms with E-state index in [0.717, 1.165) is 19.6 Å². The molecule has 0 spiro atoms. The smallest absolute Gasteiger partial charge is 0.341 e. The van der Waals surface area contributed by atoms with Gasteiger partial charge in [0.05, 0.1) is 18.8 Å². The van der Waals surface area contributed by atoms with Crippen LogP contribution in [-0.4, -0.2) is 78.0 Å². The third kappa shape index (κ3) is 6.98. The number of benzene rings is 1. The van der Waals surface area contributed by atoms with E-state index in [9.17, 15) is 31.9 Å². The lowest BCUT2D eigenvalue weighted by Gasteiger charge is -2.37. The predicted molar refractivity (Wildman–Crippen MR) is 119 cm³/mol. The molecule has 1 aliphatic rings. The summed E-state index contributed by atoms with van der Waals surface area (Å²) in [5, 5.41) is 1.52. The van der Waals surface area contributed by atoms with Crippen LogP contribution in [0.5, 0.6) is 0 Å². The normalized spacial score (nSPS) is 14.5. The minimum atomic E-state index is -5.08. The molecule has 1 saturated heterocycles. The summed E-state index contributed by atoms with van der Waals surface area (Å²) in [7, 11) is 0. The Labute approximate surface area is 199 Å². The monoisotopic (exact) mass is 495 g/mol. The summed E-state index contributed by atoms with van der Waals surface area (Å²) in [5.41, 5.74) is 0.878. The number of anilines is 1. The molecule has 8 nitrogen and oxygen atoms in total. The number of nitrogens with one attached hydrogen (secondary N) is 1. The third-order valence-corrected chi connectivity index (χ3v) is 5.59. The molecule has 0 radical (unpaired) electrons. The van der Waals surface area contributed by atoms with Crippen LogP contribution in [0.25, 0.3) is 0 Å². The van der Waals surface area contributed by atoms with Crippen molar-refractivity contribution in [3.8, 4) is 0 Å². The maximum Gasteiger partial charge on any atom is 0.471 e. The maximum atomic E-state index is 13.5. The first-order chi connectivity index (χ1) is 16.6. The number of rotatable bonds is 7. The largest absolute Gasteiger partial charge is 0.471 e. The number of hydrogen-bond acceptors (Lipinski definition) is 5. The summed E-state index contributed by atoms with van der Waals surface area (Å²) in [6.07, 6.45) is -3.91. The third-order valence-electron chi connectivity index (χ3n) is 5.59. The summed E-state index contributed by atoms with van der Waals surface area (Å²) in [5.74, 6) is -3.40. The molecule has 3 amide bonds. The number of piperazine rings is 1. The van der Waals surface area contributed by atoms with E-state index in [0.29, 0.717) is 24.5 Å². The van der Waals surface area contributed by atoms with Crippen molar-refractivity contribution in [2.75, 3.05) is 44.2 Å². The Kier molecular flexibility index (Phi) is 8.39. The average Bonchev–Trinajstić information content (AvgIpc) is 2.85. The lowest BCUT2D eigenvalue weighted by molar-refractivity contribution is -0.173. The summed E-state index contributed by atoms with van der Waals surface area (Å²) in [4.78, 5) is 45.8. The lowest BCUT2D eigenvalue weighted by Crippen LogP contribution is -2.52. The number of carbonyl (C=O) groups is 3. The van der Waals surface area contributed by atoms with E-state index in [2.05, 4.69) is 9.88 Å². The van der Waals surface area contributed by atoms with Crippen LogP contribution in [0.3, 0.4) is 0 Å². The molecule has 35 heavy (non-hydrogen) atoms. The molecule has 0 unspecified atom stereocenters. The van der Waals surface area contributed by atoms with E-state index < -0.39 is 30.2 Å². The molecule has 188 valence electrons. The SMILES string of the molecule is CCN1CCN(C(=O)N(Cc2ccc(C(=O)CNC(=O)C(F)(F)F)cn2)c2ccc(F)cc2)CC1. The van der Waals surface area contributed by atoms with Gasteiger partial charge in [0.1, 0.15) is 5.82 Å². The summed E-state index contributed by atoms with van der Waals surface area (Å²) in [6, 6.07) is 8.01. The van der Waals surface area contributed by atoms with Crippen LogP contribution in [0.4, 0.5) is 28.0 Å². The van der Waals surface area contributed by atoms with Crippen LogP contribution in [0.2, 0.25) is 0 Å². The van der Waals surface area contributed by atoms with E-state index >= 15 is 0 Å². The molecule has 1 aliphatic heterocycles. The molecule has 1 aromatic heterocycles. The summed E-state index contributed by atoms with van der Waals surface area (Å²) < 4.78 is 50.3. The van der Waals surface area contributed by atoms with E-state index in [4.69, 9.17) is 0 Å². The Morgan fingerprint density at radius 1 is 1.03 bits per heavy atom. The second-order valence-corrected chi connectivity index (χ2v) is 7.91. The van der Waals surface area contributed by atoms with Crippen molar-refractivity contribution in [3.63, 3.8) is 0 Å². The number of aromatic nitrogens is 1. The first-order valence-corrected chi connectivity index (χ1v) is 11.0. The zero-order chi connectivity index (χ0) is 25.6. The van der Waals surface area contributed by atoms with Gasteiger partial charge in [0.15, 0.2) is 5.78 Å². The molecule has 2 aromatic rings. The molecule has 12 heteroatoms. The van der Waals surface area contributed by atoms with Crippen LogP contribution in [0, 0.1) is 5.82 Å². The first kappa shape index (κ1) is 26.1. The van der Waals surface area contributed by atoms with Crippen LogP contribution < -0.4 is 10.2 Å². The highest BCUT2D eigenvalue weighted by Crippen LogP contribution is 2.20. The van der Waals surface area contributed by atoms with Crippen LogP contribution in [-0.2, 0) is 11.3 Å². The fraction of sp³-hybridized carbons (Fsp3) is 0.391. The second-order valence-electron chi connectivity index (χ2n) is 7.91. The van der Waals surface area contributed by atoms with Gasteiger partial charge in [0, 0.05) is 43.6 Å². The van der Waals surface area contributed by atoms with Gasteiger partial charge in [-0.2, -0.15) is 13.2 Å². The topological polar surface area (TPSA) is 85.9 Å². The fourth-order valence-corrected chi connectivity index (χ4v) is 3.52. The zero-order valence-electron chi connectivity index (χ0n) is 19.0. The molecule has 1 aromatic carbocycles. The van der Waals surface area contributed by atoms with Crippen LogP contribution in [0.15, 0.2) is 42.6 Å². The molecular weight excluding hydrogens is 470 g/mol. The van der Waals surface area contributed by atoms with E-state index in [-0.39, 0.29) is 18.1 Å². The molecule has 0 aliphatic carbocycles. The van der Waals surface area contributed by atoms with Crippen molar-refractivity contribution in [1.82, 2.24) is 20.1 Å². The molecule has 2 heterocycles. The number of ketones is 1. The van der Waals surface area contributed by atoms with E-state index in [1.54, 1.807) is 4.90 Å². The number of urea groups is 1. The molecule has 3 rings (SSSR count). The Morgan fingerprint density at radius 3 is 2.23 bits per heavy atom.